The summed E-state index contributed by atoms with van der Waals surface area (Å²) >= 11 is 0. The second-order valence-corrected chi connectivity index (χ2v) is 8.19. The highest BCUT2D eigenvalue weighted by Gasteiger charge is 2.47. The number of benzene rings is 3. The maximum absolute atomic E-state index is 13.5. The third kappa shape index (κ3) is 3.50. The van der Waals surface area contributed by atoms with Crippen molar-refractivity contribution >= 4 is 17.5 Å². The van der Waals surface area contributed by atoms with Gasteiger partial charge in [0.05, 0.1) is 0 Å². The van der Waals surface area contributed by atoms with E-state index in [1.165, 1.54) is 0 Å². The highest BCUT2D eigenvalue weighted by atomic mass is 16.2. The Labute approximate surface area is 177 Å². The highest BCUT2D eigenvalue weighted by molar-refractivity contribution is 6.14. The quantitative estimate of drug-likeness (QED) is 0.699. The van der Waals surface area contributed by atoms with Gasteiger partial charge in [0.2, 0.25) is 5.91 Å². The maximum Gasteiger partial charge on any atom is 0.259 e. The Morgan fingerprint density at radius 1 is 0.967 bits per heavy atom. The van der Waals surface area contributed by atoms with E-state index < -0.39 is 5.54 Å². The Hall–Kier alpha value is -3.40. The highest BCUT2D eigenvalue weighted by Crippen LogP contribution is 2.35. The summed E-state index contributed by atoms with van der Waals surface area (Å²) in [5.41, 5.74) is 4.57. The zero-order valence-corrected chi connectivity index (χ0v) is 17.6. The molecule has 3 aromatic rings. The van der Waals surface area contributed by atoms with Gasteiger partial charge in [0.15, 0.2) is 0 Å². The first-order valence-electron chi connectivity index (χ1n) is 10.2. The van der Waals surface area contributed by atoms with E-state index in [-0.39, 0.29) is 11.8 Å². The van der Waals surface area contributed by atoms with E-state index in [9.17, 15) is 9.59 Å². The molecule has 1 heterocycles. The number of aryl methyl sites for hydroxylation is 2. The monoisotopic (exact) mass is 398 g/mol. The second-order valence-electron chi connectivity index (χ2n) is 8.19. The zero-order valence-electron chi connectivity index (χ0n) is 17.6. The topological polar surface area (TPSA) is 49.4 Å². The number of carbonyl (C=O) groups excluding carboxylic acids is 2. The van der Waals surface area contributed by atoms with Crippen molar-refractivity contribution in [3.63, 3.8) is 0 Å². The van der Waals surface area contributed by atoms with Crippen LogP contribution in [0.2, 0.25) is 0 Å². The fourth-order valence-corrected chi connectivity index (χ4v) is 4.13. The number of anilines is 1. The summed E-state index contributed by atoms with van der Waals surface area (Å²) in [6, 6.07) is 23.3. The number of nitrogens with zero attached hydrogens (tertiary/aromatic N) is 1. The molecule has 4 nitrogen and oxygen atoms in total. The van der Waals surface area contributed by atoms with Crippen LogP contribution >= 0.6 is 0 Å². The second kappa shape index (κ2) is 7.79. The molecule has 1 aliphatic rings. The van der Waals surface area contributed by atoms with Crippen LogP contribution in [0.5, 0.6) is 0 Å². The van der Waals surface area contributed by atoms with Crippen LogP contribution in [0.15, 0.2) is 72.8 Å². The van der Waals surface area contributed by atoms with Gasteiger partial charge in [-0.3, -0.25) is 14.5 Å². The first-order chi connectivity index (χ1) is 14.4. The lowest BCUT2D eigenvalue weighted by Gasteiger charge is -2.44. The molecule has 0 fully saturated rings. The number of amides is 2. The van der Waals surface area contributed by atoms with E-state index in [4.69, 9.17) is 0 Å². The number of rotatable bonds is 4. The molecule has 0 radical (unpaired) electrons. The van der Waals surface area contributed by atoms with Crippen LogP contribution in [-0.2, 0) is 17.8 Å². The molecule has 4 heteroatoms. The van der Waals surface area contributed by atoms with Crippen LogP contribution in [0.25, 0.3) is 0 Å². The van der Waals surface area contributed by atoms with Crippen LogP contribution in [0.1, 0.15) is 39.5 Å². The standard InChI is InChI=1S/C26H26N2O2/c1-18-12-14-22(15-13-18)28-24(29)23-11-7-6-9-20(23)16-26(28,3)25(30)27-17-21-10-5-4-8-19(21)2/h4-15H,16-17H2,1-3H3,(H,27,30)/t26-/m1/s1. The van der Waals surface area contributed by atoms with Gasteiger partial charge < -0.3 is 5.32 Å². The van der Waals surface area contributed by atoms with Crippen molar-refractivity contribution in [1.29, 1.82) is 0 Å². The van der Waals surface area contributed by atoms with Crippen LogP contribution in [0.3, 0.4) is 0 Å². The molecule has 1 N–H and O–H groups in total. The van der Waals surface area contributed by atoms with Gasteiger partial charge >= 0.3 is 0 Å². The average Bonchev–Trinajstić information content (AvgIpc) is 2.74. The van der Waals surface area contributed by atoms with E-state index >= 15 is 0 Å². The Bertz CT molecular complexity index is 1100. The molecule has 0 unspecified atom stereocenters. The molecular weight excluding hydrogens is 372 g/mol. The van der Waals surface area contributed by atoms with Crippen LogP contribution in [-0.4, -0.2) is 17.4 Å². The van der Waals surface area contributed by atoms with E-state index in [0.717, 1.165) is 27.9 Å². The lowest BCUT2D eigenvalue weighted by Crippen LogP contribution is -2.63. The van der Waals surface area contributed by atoms with E-state index in [1.54, 1.807) is 4.90 Å². The van der Waals surface area contributed by atoms with Gasteiger partial charge in [-0.25, -0.2) is 0 Å². The van der Waals surface area contributed by atoms with Crippen LogP contribution < -0.4 is 10.2 Å². The van der Waals surface area contributed by atoms with Crippen molar-refractivity contribution in [1.82, 2.24) is 5.32 Å². The molecule has 30 heavy (non-hydrogen) atoms. The van der Waals surface area contributed by atoms with Crippen molar-refractivity contribution in [3.05, 3.63) is 101 Å². The molecule has 0 aromatic heterocycles. The Morgan fingerprint density at radius 2 is 1.63 bits per heavy atom. The lowest BCUT2D eigenvalue weighted by atomic mass is 9.82. The summed E-state index contributed by atoms with van der Waals surface area (Å²) in [6.07, 6.45) is 0.461. The Morgan fingerprint density at radius 3 is 2.37 bits per heavy atom. The summed E-state index contributed by atoms with van der Waals surface area (Å²) in [7, 11) is 0. The van der Waals surface area contributed by atoms with Gasteiger partial charge in [-0.15, -0.1) is 0 Å². The number of hydrogen-bond acceptors (Lipinski definition) is 2. The van der Waals surface area contributed by atoms with Gasteiger partial charge in [-0.2, -0.15) is 0 Å². The normalized spacial score (nSPS) is 18.1. The van der Waals surface area contributed by atoms with Gasteiger partial charge in [0.1, 0.15) is 5.54 Å². The third-order valence-electron chi connectivity index (χ3n) is 5.96. The number of carbonyl (C=O) groups is 2. The SMILES string of the molecule is Cc1ccc(N2C(=O)c3ccccc3C[C@]2(C)C(=O)NCc2ccccc2C)cc1. The molecule has 0 spiro atoms. The predicted octanol–water partition coefficient (Wildman–Crippen LogP) is 4.58. The third-order valence-corrected chi connectivity index (χ3v) is 5.96. The first-order valence-corrected chi connectivity index (χ1v) is 10.2. The summed E-state index contributed by atoms with van der Waals surface area (Å²) in [5.74, 6) is -0.302. The van der Waals surface area contributed by atoms with Gasteiger partial charge in [0.25, 0.3) is 5.91 Å². The fourth-order valence-electron chi connectivity index (χ4n) is 4.13. The number of fused-ring (bicyclic) bond motifs is 1. The fraction of sp³-hybridized carbons (Fsp3) is 0.231. The maximum atomic E-state index is 13.5. The van der Waals surface area contributed by atoms with E-state index in [1.807, 2.05) is 93.6 Å². The van der Waals surface area contributed by atoms with Crippen molar-refractivity contribution in [2.24, 2.45) is 0 Å². The molecule has 152 valence electrons. The molecular formula is C26H26N2O2. The van der Waals surface area contributed by atoms with Gasteiger partial charge in [-0.1, -0.05) is 60.2 Å². The summed E-state index contributed by atoms with van der Waals surface area (Å²) in [6.45, 7) is 6.32. The Kier molecular flexibility index (Phi) is 5.17. The molecule has 0 saturated heterocycles. The van der Waals surface area contributed by atoms with E-state index in [0.29, 0.717) is 18.5 Å². The molecule has 1 aliphatic heterocycles. The minimum absolute atomic E-state index is 0.144. The minimum Gasteiger partial charge on any atom is -0.350 e. The van der Waals surface area contributed by atoms with Crippen LogP contribution in [0, 0.1) is 13.8 Å². The summed E-state index contributed by atoms with van der Waals surface area (Å²) in [4.78, 5) is 28.7. The number of nitrogens with one attached hydrogen (secondary N) is 1. The van der Waals surface area contributed by atoms with Crippen molar-refractivity contribution in [2.75, 3.05) is 4.90 Å². The Balaban J connectivity index is 1.71. The zero-order chi connectivity index (χ0) is 21.3. The summed E-state index contributed by atoms with van der Waals surface area (Å²) in [5, 5.41) is 3.08. The smallest absolute Gasteiger partial charge is 0.259 e. The molecule has 2 amide bonds. The molecule has 0 bridgehead atoms. The average molecular weight is 399 g/mol. The lowest BCUT2D eigenvalue weighted by molar-refractivity contribution is -0.126. The van der Waals surface area contributed by atoms with Gasteiger partial charge in [-0.05, 0) is 55.7 Å². The molecule has 3 aromatic carbocycles. The van der Waals surface area contributed by atoms with Crippen molar-refractivity contribution < 1.29 is 9.59 Å². The largest absolute Gasteiger partial charge is 0.350 e. The molecule has 1 atom stereocenters. The molecule has 0 saturated carbocycles. The van der Waals surface area contributed by atoms with Crippen LogP contribution in [0.4, 0.5) is 5.69 Å². The predicted molar refractivity (Wildman–Crippen MR) is 120 cm³/mol. The minimum atomic E-state index is -1.02. The molecule has 0 aliphatic carbocycles. The molecule has 4 rings (SSSR count). The van der Waals surface area contributed by atoms with Gasteiger partial charge in [0, 0.05) is 24.2 Å². The first kappa shape index (κ1) is 19.9. The summed E-state index contributed by atoms with van der Waals surface area (Å²) < 4.78 is 0. The van der Waals surface area contributed by atoms with Crippen molar-refractivity contribution in [3.8, 4) is 0 Å². The number of hydrogen-bond donors (Lipinski definition) is 1. The van der Waals surface area contributed by atoms with Crippen molar-refractivity contribution in [2.45, 2.75) is 39.3 Å². The van der Waals surface area contributed by atoms with E-state index in [2.05, 4.69) is 5.32 Å².